The molecule has 1 unspecified atom stereocenters. The van der Waals surface area contributed by atoms with Gasteiger partial charge in [-0.2, -0.15) is 0 Å². The van der Waals surface area contributed by atoms with Crippen molar-refractivity contribution < 1.29 is 9.47 Å². The van der Waals surface area contributed by atoms with E-state index in [0.717, 1.165) is 10.9 Å². The van der Waals surface area contributed by atoms with Crippen LogP contribution in [-0.4, -0.2) is 23.9 Å². The van der Waals surface area contributed by atoms with E-state index in [0.29, 0.717) is 29.9 Å². The monoisotopic (exact) mass is 372 g/mol. The van der Waals surface area contributed by atoms with Crippen LogP contribution < -0.4 is 16.0 Å². The highest BCUT2D eigenvalue weighted by atomic mass is 79.9. The Hall–Kier alpha value is -1.24. The molecule has 0 amide bonds. The molecular weight excluding hydrogens is 360 g/mol. The molecule has 112 valence electrons. The molecule has 1 aliphatic rings. The number of ether oxygens (including phenoxy) is 2. The maximum atomic E-state index is 12.0. The van der Waals surface area contributed by atoms with Gasteiger partial charge >= 0.3 is 0 Å². The lowest BCUT2D eigenvalue weighted by Gasteiger charge is -2.16. The van der Waals surface area contributed by atoms with E-state index >= 15 is 0 Å². The number of pyridine rings is 1. The number of aryl methyl sites for hydroxylation is 1. The van der Waals surface area contributed by atoms with E-state index in [1.54, 1.807) is 13.1 Å². The van der Waals surface area contributed by atoms with E-state index in [1.165, 1.54) is 4.57 Å². The molecule has 1 saturated heterocycles. The summed E-state index contributed by atoms with van der Waals surface area (Å²) >= 11 is 9.65. The molecule has 5 nitrogen and oxygen atoms in total. The predicted molar refractivity (Wildman–Crippen MR) is 86.2 cm³/mol. The third-order valence-electron chi connectivity index (χ3n) is 3.60. The first-order valence-electron chi connectivity index (χ1n) is 6.50. The molecule has 2 heterocycles. The molecular formula is C14H14BrClN2O3. The molecule has 21 heavy (non-hydrogen) atoms. The van der Waals surface area contributed by atoms with Crippen LogP contribution in [0.25, 0.3) is 10.9 Å². The minimum Gasteiger partial charge on any atom is -0.487 e. The first-order chi connectivity index (χ1) is 9.99. The number of fused-ring (bicyclic) bond motifs is 1. The van der Waals surface area contributed by atoms with E-state index < -0.39 is 0 Å². The van der Waals surface area contributed by atoms with Gasteiger partial charge in [-0.15, -0.1) is 0 Å². The Morgan fingerprint density at radius 1 is 1.52 bits per heavy atom. The second-order valence-electron chi connectivity index (χ2n) is 5.00. The van der Waals surface area contributed by atoms with Gasteiger partial charge in [0.15, 0.2) is 0 Å². The fourth-order valence-electron chi connectivity index (χ4n) is 2.40. The summed E-state index contributed by atoms with van der Waals surface area (Å²) < 4.78 is 13.5. The van der Waals surface area contributed by atoms with Crippen LogP contribution in [-0.2, 0) is 11.8 Å². The van der Waals surface area contributed by atoms with Crippen LogP contribution in [0, 0.1) is 0 Å². The fourth-order valence-corrected chi connectivity index (χ4v) is 3.07. The lowest BCUT2D eigenvalue weighted by atomic mass is 10.2. The molecule has 1 aromatic heterocycles. The lowest BCUT2D eigenvalue weighted by Crippen LogP contribution is -2.21. The zero-order valence-corrected chi connectivity index (χ0v) is 13.7. The Kier molecular flexibility index (Phi) is 3.86. The standard InChI is InChI=1S/C14H14BrClN2O3/c1-18-10-5-11(21-7-2-3-20-6-7)9(15)4-8(10)12(16)13(17)14(18)19/h4-5,7H,2-3,6,17H2,1H3. The Morgan fingerprint density at radius 2 is 2.29 bits per heavy atom. The van der Waals surface area contributed by atoms with Gasteiger partial charge in [0.1, 0.15) is 17.5 Å². The van der Waals surface area contributed by atoms with Gasteiger partial charge in [0.2, 0.25) is 0 Å². The van der Waals surface area contributed by atoms with Gasteiger partial charge in [-0.3, -0.25) is 4.79 Å². The lowest BCUT2D eigenvalue weighted by molar-refractivity contribution is 0.141. The molecule has 2 N–H and O–H groups in total. The van der Waals surface area contributed by atoms with Crippen molar-refractivity contribution in [2.24, 2.45) is 7.05 Å². The van der Waals surface area contributed by atoms with Gasteiger partial charge < -0.3 is 19.8 Å². The largest absolute Gasteiger partial charge is 0.487 e. The van der Waals surface area contributed by atoms with E-state index in [9.17, 15) is 4.79 Å². The molecule has 1 fully saturated rings. The topological polar surface area (TPSA) is 66.5 Å². The Morgan fingerprint density at radius 3 is 2.95 bits per heavy atom. The Bertz CT molecular complexity index is 769. The van der Waals surface area contributed by atoms with Crippen molar-refractivity contribution in [2.75, 3.05) is 18.9 Å². The average molecular weight is 374 g/mol. The predicted octanol–water partition coefficient (Wildman–Crippen LogP) is 2.70. The number of hydrogen-bond donors (Lipinski definition) is 1. The Labute approximate surface area is 134 Å². The molecule has 3 rings (SSSR count). The third kappa shape index (κ3) is 2.52. The molecule has 0 bridgehead atoms. The summed E-state index contributed by atoms with van der Waals surface area (Å²) in [6, 6.07) is 3.61. The maximum absolute atomic E-state index is 12.0. The second kappa shape index (κ2) is 5.51. The van der Waals surface area contributed by atoms with Crippen LogP contribution in [0.2, 0.25) is 5.02 Å². The van der Waals surface area contributed by atoms with E-state index in [1.807, 2.05) is 6.07 Å². The van der Waals surface area contributed by atoms with Gasteiger partial charge in [0.25, 0.3) is 5.56 Å². The maximum Gasteiger partial charge on any atom is 0.275 e. The molecule has 0 spiro atoms. The van der Waals surface area contributed by atoms with E-state index in [4.69, 9.17) is 26.8 Å². The van der Waals surface area contributed by atoms with E-state index in [2.05, 4.69) is 15.9 Å². The van der Waals surface area contributed by atoms with Gasteiger partial charge in [-0.05, 0) is 22.0 Å². The van der Waals surface area contributed by atoms with Crippen molar-refractivity contribution in [1.29, 1.82) is 0 Å². The fraction of sp³-hybridized carbons (Fsp3) is 0.357. The zero-order valence-electron chi connectivity index (χ0n) is 11.4. The summed E-state index contributed by atoms with van der Waals surface area (Å²) in [7, 11) is 1.66. The quantitative estimate of drug-likeness (QED) is 0.879. The average Bonchev–Trinajstić information content (AvgIpc) is 2.97. The van der Waals surface area contributed by atoms with Gasteiger partial charge in [0, 0.05) is 24.9 Å². The number of hydrogen-bond acceptors (Lipinski definition) is 4. The van der Waals surface area contributed by atoms with Crippen LogP contribution in [0.1, 0.15) is 6.42 Å². The summed E-state index contributed by atoms with van der Waals surface area (Å²) in [5.41, 5.74) is 6.16. The number of nitrogens with zero attached hydrogens (tertiary/aromatic N) is 1. The van der Waals surface area contributed by atoms with Gasteiger partial charge in [-0.1, -0.05) is 11.6 Å². The van der Waals surface area contributed by atoms with Crippen LogP contribution >= 0.6 is 27.5 Å². The molecule has 0 radical (unpaired) electrons. The first kappa shape index (κ1) is 14.7. The highest BCUT2D eigenvalue weighted by molar-refractivity contribution is 9.10. The van der Waals surface area contributed by atoms with Crippen molar-refractivity contribution >= 4 is 44.1 Å². The van der Waals surface area contributed by atoms with Crippen LogP contribution in [0.3, 0.4) is 0 Å². The number of nitrogen functional groups attached to an aromatic ring is 1. The highest BCUT2D eigenvalue weighted by Crippen LogP contribution is 2.35. The summed E-state index contributed by atoms with van der Waals surface area (Å²) in [5, 5.41) is 0.975. The number of rotatable bonds is 2. The number of nitrogens with two attached hydrogens (primary N) is 1. The first-order valence-corrected chi connectivity index (χ1v) is 7.67. The molecule has 1 atom stereocenters. The smallest absolute Gasteiger partial charge is 0.275 e. The highest BCUT2D eigenvalue weighted by Gasteiger charge is 2.20. The number of halogens is 2. The Balaban J connectivity index is 2.16. The second-order valence-corrected chi connectivity index (χ2v) is 6.23. The molecule has 2 aromatic rings. The summed E-state index contributed by atoms with van der Waals surface area (Å²) in [6.07, 6.45) is 0.881. The number of benzene rings is 1. The summed E-state index contributed by atoms with van der Waals surface area (Å²) in [6.45, 7) is 1.28. The summed E-state index contributed by atoms with van der Waals surface area (Å²) in [4.78, 5) is 12.0. The molecule has 0 aliphatic carbocycles. The zero-order chi connectivity index (χ0) is 15.1. The van der Waals surface area contributed by atoms with Crippen molar-refractivity contribution in [3.63, 3.8) is 0 Å². The minimum absolute atomic E-state index is 0.0278. The molecule has 1 aromatic carbocycles. The molecule has 1 aliphatic heterocycles. The summed E-state index contributed by atoms with van der Waals surface area (Å²) in [5.74, 6) is 0.661. The third-order valence-corrected chi connectivity index (χ3v) is 4.63. The van der Waals surface area contributed by atoms with Crippen LogP contribution in [0.4, 0.5) is 5.69 Å². The molecule has 7 heteroatoms. The van der Waals surface area contributed by atoms with Gasteiger partial charge in [-0.25, -0.2) is 0 Å². The van der Waals surface area contributed by atoms with Crippen molar-refractivity contribution in [2.45, 2.75) is 12.5 Å². The van der Waals surface area contributed by atoms with Crippen molar-refractivity contribution in [3.05, 3.63) is 32.0 Å². The normalized spacial score (nSPS) is 18.3. The van der Waals surface area contributed by atoms with Crippen LogP contribution in [0.15, 0.2) is 21.4 Å². The van der Waals surface area contributed by atoms with Crippen LogP contribution in [0.5, 0.6) is 5.75 Å². The van der Waals surface area contributed by atoms with Gasteiger partial charge in [0.05, 0.1) is 28.2 Å². The van der Waals surface area contributed by atoms with Crippen molar-refractivity contribution in [1.82, 2.24) is 4.57 Å². The number of aromatic nitrogens is 1. The van der Waals surface area contributed by atoms with Crippen molar-refractivity contribution in [3.8, 4) is 5.75 Å². The SMILES string of the molecule is Cn1c(=O)c(N)c(Cl)c2cc(Br)c(OC3CCOC3)cc21. The number of anilines is 1. The molecule has 0 saturated carbocycles. The van der Waals surface area contributed by atoms with E-state index in [-0.39, 0.29) is 22.4 Å². The minimum atomic E-state index is -0.315.